The van der Waals surface area contributed by atoms with E-state index in [4.69, 9.17) is 4.74 Å². The van der Waals surface area contributed by atoms with Crippen LogP contribution in [0.1, 0.15) is 24.9 Å². The molecule has 0 aromatic heterocycles. The van der Waals surface area contributed by atoms with E-state index in [9.17, 15) is 4.79 Å². The number of carbonyl (C=O) groups excluding carboxylic acids is 1. The molecule has 0 heterocycles. The lowest BCUT2D eigenvalue weighted by molar-refractivity contribution is -0.124. The SMILES string of the molecule is COCC(=O)NCCC#C/C=C/CN[C@H](C)c1cccc2ccccc12. The van der Waals surface area contributed by atoms with Crippen molar-refractivity contribution in [3.63, 3.8) is 0 Å². The van der Waals surface area contributed by atoms with Crippen molar-refractivity contribution in [3.05, 3.63) is 60.2 Å². The first-order valence-corrected chi connectivity index (χ1v) is 8.82. The summed E-state index contributed by atoms with van der Waals surface area (Å²) >= 11 is 0. The van der Waals surface area contributed by atoms with E-state index in [0.717, 1.165) is 6.54 Å². The van der Waals surface area contributed by atoms with Gasteiger partial charge in [-0.1, -0.05) is 60.4 Å². The molecule has 2 rings (SSSR count). The molecule has 2 N–H and O–H groups in total. The number of methoxy groups -OCH3 is 1. The summed E-state index contributed by atoms with van der Waals surface area (Å²) in [6, 6.07) is 15.1. The fraction of sp³-hybridized carbons (Fsp3) is 0.318. The number of amides is 1. The Bertz CT molecular complexity index is 797. The van der Waals surface area contributed by atoms with Crippen molar-refractivity contribution in [2.24, 2.45) is 0 Å². The van der Waals surface area contributed by atoms with Gasteiger partial charge in [0.2, 0.25) is 5.91 Å². The van der Waals surface area contributed by atoms with Crippen LogP contribution in [0, 0.1) is 11.8 Å². The third-order valence-corrected chi connectivity index (χ3v) is 3.98. The Morgan fingerprint density at radius 2 is 2.04 bits per heavy atom. The molecule has 4 heteroatoms. The molecule has 2 aromatic rings. The van der Waals surface area contributed by atoms with Crippen molar-refractivity contribution in [2.45, 2.75) is 19.4 Å². The molecule has 0 aliphatic carbocycles. The van der Waals surface area contributed by atoms with Crippen molar-refractivity contribution >= 4 is 16.7 Å². The Morgan fingerprint density at radius 1 is 1.23 bits per heavy atom. The zero-order valence-corrected chi connectivity index (χ0v) is 15.4. The second-order valence-electron chi connectivity index (χ2n) is 5.95. The van der Waals surface area contributed by atoms with Gasteiger partial charge in [0, 0.05) is 32.7 Å². The van der Waals surface area contributed by atoms with E-state index >= 15 is 0 Å². The molecule has 0 radical (unpaired) electrons. The molecule has 0 saturated carbocycles. The minimum absolute atomic E-state index is 0.0912. The van der Waals surface area contributed by atoms with Crippen LogP contribution in [-0.4, -0.2) is 32.7 Å². The number of hydrogen-bond donors (Lipinski definition) is 2. The number of hydrogen-bond acceptors (Lipinski definition) is 3. The average Bonchev–Trinajstić information content (AvgIpc) is 2.66. The third-order valence-electron chi connectivity index (χ3n) is 3.98. The van der Waals surface area contributed by atoms with Crippen LogP contribution in [0.2, 0.25) is 0 Å². The standard InChI is InChI=1S/C22H26N2O2/c1-18(20-14-10-12-19-11-6-7-13-21(19)20)23-15-8-4-3-5-9-16-24-22(25)17-26-2/h4,6-8,10-14,18,23H,9,15-17H2,1-2H3,(H,24,25)/b8-4+/t18-/m1/s1. The monoisotopic (exact) mass is 350 g/mol. The molecule has 0 aliphatic rings. The van der Waals surface area contributed by atoms with Crippen molar-refractivity contribution < 1.29 is 9.53 Å². The molecule has 1 amide bonds. The molecule has 4 nitrogen and oxygen atoms in total. The average molecular weight is 350 g/mol. The fourth-order valence-electron chi connectivity index (χ4n) is 2.68. The van der Waals surface area contributed by atoms with Gasteiger partial charge in [-0.2, -0.15) is 0 Å². The lowest BCUT2D eigenvalue weighted by Crippen LogP contribution is -2.27. The van der Waals surface area contributed by atoms with Gasteiger partial charge in [-0.25, -0.2) is 0 Å². The Labute approximate surface area is 155 Å². The quantitative estimate of drug-likeness (QED) is 0.568. The van der Waals surface area contributed by atoms with E-state index < -0.39 is 0 Å². The number of rotatable bonds is 8. The third kappa shape index (κ3) is 6.36. The molecular weight excluding hydrogens is 324 g/mol. The van der Waals surface area contributed by atoms with Gasteiger partial charge >= 0.3 is 0 Å². The molecular formula is C22H26N2O2. The van der Waals surface area contributed by atoms with Gasteiger partial charge in [0.25, 0.3) is 0 Å². The van der Waals surface area contributed by atoms with Gasteiger partial charge in [0.05, 0.1) is 0 Å². The van der Waals surface area contributed by atoms with Crippen LogP contribution in [0.4, 0.5) is 0 Å². The summed E-state index contributed by atoms with van der Waals surface area (Å²) in [5, 5.41) is 8.78. The second kappa shape index (κ2) is 11.1. The molecule has 0 bridgehead atoms. The second-order valence-corrected chi connectivity index (χ2v) is 5.95. The van der Waals surface area contributed by atoms with Crippen molar-refractivity contribution in [2.75, 3.05) is 26.8 Å². The Balaban J connectivity index is 1.73. The summed E-state index contributed by atoms with van der Waals surface area (Å²) < 4.78 is 4.73. The van der Waals surface area contributed by atoms with E-state index in [-0.39, 0.29) is 18.6 Å². The topological polar surface area (TPSA) is 50.4 Å². The van der Waals surface area contributed by atoms with E-state index in [0.29, 0.717) is 13.0 Å². The first kappa shape index (κ1) is 19.7. The molecule has 0 fully saturated rings. The molecule has 0 spiro atoms. The Morgan fingerprint density at radius 3 is 2.88 bits per heavy atom. The van der Waals surface area contributed by atoms with Crippen LogP contribution in [0.5, 0.6) is 0 Å². The summed E-state index contributed by atoms with van der Waals surface area (Å²) in [4.78, 5) is 11.2. The highest BCUT2D eigenvalue weighted by Crippen LogP contribution is 2.23. The van der Waals surface area contributed by atoms with E-state index in [1.54, 1.807) is 0 Å². The van der Waals surface area contributed by atoms with Crippen LogP contribution >= 0.6 is 0 Å². The lowest BCUT2D eigenvalue weighted by atomic mass is 10.00. The number of allylic oxidation sites excluding steroid dienone is 1. The zero-order chi connectivity index (χ0) is 18.6. The largest absolute Gasteiger partial charge is 0.375 e. The highest BCUT2D eigenvalue weighted by atomic mass is 16.5. The number of carbonyl (C=O) groups is 1. The molecule has 0 aliphatic heterocycles. The molecule has 136 valence electrons. The van der Waals surface area contributed by atoms with Gasteiger partial charge in [0.1, 0.15) is 6.61 Å². The first-order chi connectivity index (χ1) is 12.7. The van der Waals surface area contributed by atoms with Gasteiger partial charge in [-0.05, 0) is 29.3 Å². The normalized spacial score (nSPS) is 11.9. The number of benzene rings is 2. The van der Waals surface area contributed by atoms with E-state index in [2.05, 4.69) is 71.9 Å². The highest BCUT2D eigenvalue weighted by molar-refractivity contribution is 5.86. The van der Waals surface area contributed by atoms with Crippen LogP contribution in [0.3, 0.4) is 0 Å². The summed E-state index contributed by atoms with van der Waals surface area (Å²) in [6.45, 7) is 3.56. The molecule has 26 heavy (non-hydrogen) atoms. The highest BCUT2D eigenvalue weighted by Gasteiger charge is 2.07. The maximum atomic E-state index is 11.2. The minimum Gasteiger partial charge on any atom is -0.375 e. The summed E-state index contributed by atoms with van der Waals surface area (Å²) in [5.41, 5.74) is 1.30. The summed E-state index contributed by atoms with van der Waals surface area (Å²) in [6.07, 6.45) is 4.48. The Kier molecular flexibility index (Phi) is 8.41. The number of nitrogens with one attached hydrogen (secondary N) is 2. The number of fused-ring (bicyclic) bond motifs is 1. The van der Waals surface area contributed by atoms with E-state index in [1.165, 1.54) is 23.4 Å². The van der Waals surface area contributed by atoms with Crippen molar-refractivity contribution in [1.82, 2.24) is 10.6 Å². The maximum Gasteiger partial charge on any atom is 0.246 e. The van der Waals surface area contributed by atoms with Crippen LogP contribution in [0.25, 0.3) is 10.8 Å². The summed E-state index contributed by atoms with van der Waals surface area (Å²) in [5.74, 6) is 5.87. The first-order valence-electron chi connectivity index (χ1n) is 8.82. The predicted molar refractivity (Wildman–Crippen MR) is 107 cm³/mol. The fourth-order valence-corrected chi connectivity index (χ4v) is 2.68. The van der Waals surface area contributed by atoms with Crippen LogP contribution in [-0.2, 0) is 9.53 Å². The van der Waals surface area contributed by atoms with Crippen molar-refractivity contribution in [1.29, 1.82) is 0 Å². The zero-order valence-electron chi connectivity index (χ0n) is 15.4. The predicted octanol–water partition coefficient (Wildman–Crippen LogP) is 3.20. The lowest BCUT2D eigenvalue weighted by Gasteiger charge is -2.15. The van der Waals surface area contributed by atoms with Crippen LogP contribution < -0.4 is 10.6 Å². The molecule has 1 atom stereocenters. The maximum absolute atomic E-state index is 11.2. The molecule has 2 aromatic carbocycles. The van der Waals surface area contributed by atoms with Gasteiger partial charge in [-0.3, -0.25) is 4.79 Å². The van der Waals surface area contributed by atoms with Gasteiger partial charge in [-0.15, -0.1) is 0 Å². The van der Waals surface area contributed by atoms with Gasteiger partial charge < -0.3 is 15.4 Å². The van der Waals surface area contributed by atoms with Gasteiger partial charge in [0.15, 0.2) is 0 Å². The van der Waals surface area contributed by atoms with Crippen LogP contribution in [0.15, 0.2) is 54.6 Å². The summed E-state index contributed by atoms with van der Waals surface area (Å²) in [7, 11) is 1.50. The van der Waals surface area contributed by atoms with E-state index in [1.807, 2.05) is 12.2 Å². The van der Waals surface area contributed by atoms with Crippen molar-refractivity contribution in [3.8, 4) is 11.8 Å². The molecule has 0 saturated heterocycles. The Hall–Kier alpha value is -2.61. The molecule has 0 unspecified atom stereocenters. The smallest absolute Gasteiger partial charge is 0.246 e. The minimum atomic E-state index is -0.114. The number of ether oxygens (including phenoxy) is 1.